The molecule has 1 atom stereocenters. The van der Waals surface area contributed by atoms with Crippen molar-refractivity contribution in [3.05, 3.63) is 63.8 Å². The Bertz CT molecular complexity index is 1290. The predicted molar refractivity (Wildman–Crippen MR) is 114 cm³/mol. The third-order valence-corrected chi connectivity index (χ3v) is 6.60. The Balaban J connectivity index is 1.36. The highest BCUT2D eigenvalue weighted by molar-refractivity contribution is 7.15. The molecule has 0 unspecified atom stereocenters. The highest BCUT2D eigenvalue weighted by Gasteiger charge is 2.26. The fraction of sp³-hybridized carbons (Fsp3) is 0.286. The van der Waals surface area contributed by atoms with Gasteiger partial charge in [0.2, 0.25) is 5.91 Å². The lowest BCUT2D eigenvalue weighted by Gasteiger charge is -2.22. The molecule has 9 heteroatoms. The summed E-state index contributed by atoms with van der Waals surface area (Å²) in [7, 11) is 1.73. The van der Waals surface area contributed by atoms with Crippen molar-refractivity contribution in [2.24, 2.45) is 7.05 Å². The van der Waals surface area contributed by atoms with Crippen molar-refractivity contribution in [2.45, 2.75) is 31.8 Å². The van der Waals surface area contributed by atoms with E-state index in [4.69, 9.17) is 4.98 Å². The molecule has 4 aromatic rings. The van der Waals surface area contributed by atoms with Gasteiger partial charge in [0.25, 0.3) is 5.56 Å². The van der Waals surface area contributed by atoms with Gasteiger partial charge in [-0.3, -0.25) is 18.8 Å². The van der Waals surface area contributed by atoms with Crippen molar-refractivity contribution < 1.29 is 4.79 Å². The lowest BCUT2D eigenvalue weighted by Crippen LogP contribution is -2.35. The Kier molecular flexibility index (Phi) is 4.66. The zero-order valence-corrected chi connectivity index (χ0v) is 17.2. The maximum absolute atomic E-state index is 12.7. The van der Waals surface area contributed by atoms with Crippen molar-refractivity contribution in [1.29, 1.82) is 0 Å². The second kappa shape index (κ2) is 7.49. The van der Waals surface area contributed by atoms with Gasteiger partial charge in [-0.2, -0.15) is 5.10 Å². The van der Waals surface area contributed by atoms with Crippen LogP contribution < -0.4 is 10.9 Å². The second-order valence-corrected chi connectivity index (χ2v) is 8.42. The van der Waals surface area contributed by atoms with Crippen LogP contribution in [0.3, 0.4) is 0 Å². The lowest BCUT2D eigenvalue weighted by molar-refractivity contribution is -0.122. The van der Waals surface area contributed by atoms with Gasteiger partial charge in [-0.1, -0.05) is 30.3 Å². The molecule has 8 nitrogen and oxygen atoms in total. The van der Waals surface area contributed by atoms with Crippen LogP contribution in [0, 0.1) is 0 Å². The van der Waals surface area contributed by atoms with Crippen molar-refractivity contribution >= 4 is 28.3 Å². The first kappa shape index (κ1) is 18.7. The minimum Gasteiger partial charge on any atom is -0.347 e. The van der Waals surface area contributed by atoms with E-state index in [2.05, 4.69) is 15.4 Å². The number of fused-ring (bicyclic) bond motifs is 2. The molecule has 0 spiro atoms. The normalized spacial score (nSPS) is 15.8. The van der Waals surface area contributed by atoms with Crippen LogP contribution in [0.5, 0.6) is 0 Å². The summed E-state index contributed by atoms with van der Waals surface area (Å²) in [5.74, 6) is -0.213. The van der Waals surface area contributed by atoms with E-state index in [9.17, 15) is 9.59 Å². The minimum absolute atomic E-state index is 0.0765. The van der Waals surface area contributed by atoms with Crippen molar-refractivity contribution in [1.82, 2.24) is 29.6 Å². The summed E-state index contributed by atoms with van der Waals surface area (Å²) < 4.78 is 2.87. The van der Waals surface area contributed by atoms with Crippen LogP contribution in [-0.4, -0.2) is 30.2 Å². The Labute approximate surface area is 176 Å². The molecule has 1 amide bonds. The number of nitrogens with one attached hydrogen (secondary N) is 1. The first-order valence-electron chi connectivity index (χ1n) is 9.81. The fourth-order valence-electron chi connectivity index (χ4n) is 3.84. The maximum atomic E-state index is 12.7. The molecular weight excluding hydrogens is 400 g/mol. The Morgan fingerprint density at radius 3 is 2.97 bits per heavy atom. The van der Waals surface area contributed by atoms with Gasteiger partial charge in [-0.05, 0) is 19.3 Å². The van der Waals surface area contributed by atoms with Gasteiger partial charge in [0.05, 0.1) is 22.8 Å². The molecule has 0 aliphatic heterocycles. The van der Waals surface area contributed by atoms with Crippen LogP contribution in [0.15, 0.2) is 47.7 Å². The van der Waals surface area contributed by atoms with E-state index in [1.807, 2.05) is 30.3 Å². The number of hydrogen-bond donors (Lipinski definition) is 1. The SMILES string of the molecule is Cn1ncc2c(=O)n(CC(=O)N[C@H]3CCCc4nc(-c5ccccc5)sc43)cnc21. The topological polar surface area (TPSA) is 94.7 Å². The van der Waals surface area contributed by atoms with Crippen LogP contribution in [-0.2, 0) is 24.8 Å². The third-order valence-electron chi connectivity index (χ3n) is 5.34. The van der Waals surface area contributed by atoms with Crippen molar-refractivity contribution in [3.8, 4) is 10.6 Å². The number of rotatable bonds is 4. The lowest BCUT2D eigenvalue weighted by atomic mass is 9.98. The largest absolute Gasteiger partial charge is 0.347 e. The quantitative estimate of drug-likeness (QED) is 0.547. The Morgan fingerprint density at radius 1 is 1.30 bits per heavy atom. The van der Waals surface area contributed by atoms with Gasteiger partial charge in [-0.25, -0.2) is 9.97 Å². The van der Waals surface area contributed by atoms with E-state index >= 15 is 0 Å². The Hall–Kier alpha value is -3.33. The molecule has 0 saturated heterocycles. The first-order chi connectivity index (χ1) is 14.6. The molecule has 30 heavy (non-hydrogen) atoms. The maximum Gasteiger partial charge on any atom is 0.264 e. The molecule has 5 rings (SSSR count). The molecule has 1 aliphatic rings. The fourth-order valence-corrected chi connectivity index (χ4v) is 5.04. The zero-order chi connectivity index (χ0) is 20.7. The molecule has 1 aromatic carbocycles. The number of carbonyl (C=O) groups is 1. The molecule has 152 valence electrons. The number of amides is 1. The van der Waals surface area contributed by atoms with Crippen LogP contribution >= 0.6 is 11.3 Å². The van der Waals surface area contributed by atoms with Crippen molar-refractivity contribution in [2.75, 3.05) is 0 Å². The summed E-state index contributed by atoms with van der Waals surface area (Å²) in [5.41, 5.74) is 2.39. The molecular formula is C21H20N6O2S. The van der Waals surface area contributed by atoms with Gasteiger partial charge >= 0.3 is 0 Å². The van der Waals surface area contributed by atoms with E-state index in [-0.39, 0.29) is 24.1 Å². The molecule has 1 aliphatic carbocycles. The van der Waals surface area contributed by atoms with Gasteiger partial charge in [0, 0.05) is 12.6 Å². The predicted octanol–water partition coefficient (Wildman–Crippen LogP) is 2.45. The number of aromatic nitrogens is 5. The number of benzene rings is 1. The Morgan fingerprint density at radius 2 is 2.13 bits per heavy atom. The highest BCUT2D eigenvalue weighted by Crippen LogP contribution is 2.37. The average molecular weight is 420 g/mol. The van der Waals surface area contributed by atoms with E-state index in [1.54, 1.807) is 23.1 Å². The molecule has 0 fully saturated rings. The molecule has 3 heterocycles. The second-order valence-electron chi connectivity index (χ2n) is 7.39. The number of thiazole rings is 1. The minimum atomic E-state index is -0.267. The summed E-state index contributed by atoms with van der Waals surface area (Å²) in [4.78, 5) is 35.5. The van der Waals surface area contributed by atoms with E-state index in [0.717, 1.165) is 40.4 Å². The van der Waals surface area contributed by atoms with Gasteiger partial charge in [-0.15, -0.1) is 11.3 Å². The smallest absolute Gasteiger partial charge is 0.264 e. The molecule has 0 bridgehead atoms. The molecule has 0 saturated carbocycles. The van der Waals surface area contributed by atoms with E-state index < -0.39 is 0 Å². The summed E-state index contributed by atoms with van der Waals surface area (Å²) >= 11 is 1.63. The number of aryl methyl sites for hydroxylation is 2. The van der Waals surface area contributed by atoms with E-state index in [1.165, 1.54) is 17.1 Å². The van der Waals surface area contributed by atoms with E-state index in [0.29, 0.717) is 11.0 Å². The summed E-state index contributed by atoms with van der Waals surface area (Å²) in [6.45, 7) is -0.0765. The number of nitrogens with zero attached hydrogens (tertiary/aromatic N) is 5. The first-order valence-corrected chi connectivity index (χ1v) is 10.6. The van der Waals surface area contributed by atoms with Gasteiger partial charge < -0.3 is 5.32 Å². The number of carbonyl (C=O) groups excluding carboxylic acids is 1. The van der Waals surface area contributed by atoms with Crippen LogP contribution in [0.4, 0.5) is 0 Å². The van der Waals surface area contributed by atoms with Crippen molar-refractivity contribution in [3.63, 3.8) is 0 Å². The summed E-state index contributed by atoms with van der Waals surface area (Å²) in [5, 5.41) is 8.53. The van der Waals surface area contributed by atoms with Crippen LogP contribution in [0.1, 0.15) is 29.5 Å². The molecule has 1 N–H and O–H groups in total. The van der Waals surface area contributed by atoms with Gasteiger partial charge in [0.1, 0.15) is 23.3 Å². The highest BCUT2D eigenvalue weighted by atomic mass is 32.1. The van der Waals surface area contributed by atoms with Gasteiger partial charge in [0.15, 0.2) is 5.65 Å². The molecule has 3 aromatic heterocycles. The standard InChI is InChI=1S/C21H20N6O2S/c1-26-19-14(10-23-26)21(29)27(12-22-19)11-17(28)24-15-8-5-9-16-18(15)30-20(25-16)13-6-3-2-4-7-13/h2-4,6-7,10,12,15H,5,8-9,11H2,1H3,(H,24,28)/t15-/m0/s1. The van der Waals surface area contributed by atoms with Crippen LogP contribution in [0.25, 0.3) is 21.6 Å². The number of hydrogen-bond acceptors (Lipinski definition) is 6. The summed E-state index contributed by atoms with van der Waals surface area (Å²) in [6, 6.07) is 10.00. The monoisotopic (exact) mass is 420 g/mol. The molecule has 0 radical (unpaired) electrons. The zero-order valence-electron chi connectivity index (χ0n) is 16.4. The van der Waals surface area contributed by atoms with Crippen LogP contribution in [0.2, 0.25) is 0 Å². The summed E-state index contributed by atoms with van der Waals surface area (Å²) in [6.07, 6.45) is 5.64. The third kappa shape index (κ3) is 3.30. The average Bonchev–Trinajstić information content (AvgIpc) is 3.36.